The fraction of sp³-hybridized carbons (Fsp3) is 0.438. The Morgan fingerprint density at radius 2 is 2.10 bits per heavy atom. The van der Waals surface area contributed by atoms with Crippen molar-refractivity contribution in [1.29, 1.82) is 0 Å². The molecule has 1 aliphatic carbocycles. The Morgan fingerprint density at radius 1 is 1.25 bits per heavy atom. The summed E-state index contributed by atoms with van der Waals surface area (Å²) >= 11 is 0. The average Bonchev–Trinajstić information content (AvgIpc) is 2.46. The summed E-state index contributed by atoms with van der Waals surface area (Å²) in [5.41, 5.74) is 6.18. The summed E-state index contributed by atoms with van der Waals surface area (Å²) < 4.78 is 0. The van der Waals surface area contributed by atoms with Crippen molar-refractivity contribution in [3.8, 4) is 5.75 Å². The van der Waals surface area contributed by atoms with Crippen LogP contribution >= 0.6 is 0 Å². The van der Waals surface area contributed by atoms with Gasteiger partial charge in [0.25, 0.3) is 0 Å². The summed E-state index contributed by atoms with van der Waals surface area (Å²) in [6.45, 7) is 0.850. The maximum absolute atomic E-state index is 9.64. The van der Waals surface area contributed by atoms with E-state index in [1.807, 2.05) is 12.1 Å². The van der Waals surface area contributed by atoms with Crippen molar-refractivity contribution in [2.45, 2.75) is 31.7 Å². The van der Waals surface area contributed by atoms with Gasteiger partial charge in [0.1, 0.15) is 11.6 Å². The Balaban J connectivity index is 1.78. The molecule has 3 rings (SSSR count). The minimum absolute atomic E-state index is 0.267. The van der Waals surface area contributed by atoms with Gasteiger partial charge in [-0.05, 0) is 42.3 Å². The van der Waals surface area contributed by atoms with Gasteiger partial charge in [-0.3, -0.25) is 0 Å². The SMILES string of the molecule is NC1CCCCC1CNc1nccc2ccc(O)cc12. The van der Waals surface area contributed by atoms with Gasteiger partial charge in [-0.2, -0.15) is 0 Å². The van der Waals surface area contributed by atoms with Crippen LogP contribution in [0.4, 0.5) is 5.82 Å². The summed E-state index contributed by atoms with van der Waals surface area (Å²) in [5, 5.41) is 15.1. The lowest BCUT2D eigenvalue weighted by molar-refractivity contribution is 0.321. The minimum atomic E-state index is 0.267. The Bertz CT molecular complexity index is 599. The Hall–Kier alpha value is -1.81. The largest absolute Gasteiger partial charge is 0.508 e. The van der Waals surface area contributed by atoms with Crippen molar-refractivity contribution in [1.82, 2.24) is 4.98 Å². The lowest BCUT2D eigenvalue weighted by atomic mass is 9.85. The van der Waals surface area contributed by atoms with Crippen LogP contribution in [0.15, 0.2) is 30.5 Å². The third kappa shape index (κ3) is 2.70. The van der Waals surface area contributed by atoms with E-state index in [1.165, 1.54) is 19.3 Å². The highest BCUT2D eigenvalue weighted by molar-refractivity contribution is 5.92. The van der Waals surface area contributed by atoms with Crippen LogP contribution in [-0.2, 0) is 0 Å². The molecule has 20 heavy (non-hydrogen) atoms. The molecule has 0 amide bonds. The summed E-state index contributed by atoms with van der Waals surface area (Å²) in [7, 11) is 0. The zero-order valence-corrected chi connectivity index (χ0v) is 11.5. The lowest BCUT2D eigenvalue weighted by Gasteiger charge is -2.28. The first-order chi connectivity index (χ1) is 9.74. The number of hydrogen-bond donors (Lipinski definition) is 3. The Labute approximate surface area is 119 Å². The van der Waals surface area contributed by atoms with Crippen molar-refractivity contribution in [2.24, 2.45) is 11.7 Å². The standard InChI is InChI=1S/C16H21N3O/c17-15-4-2-1-3-12(15)10-19-16-14-9-13(20)6-5-11(14)7-8-18-16/h5-9,12,15,20H,1-4,10,17H2,(H,18,19). The number of aromatic hydroxyl groups is 1. The van der Waals surface area contributed by atoms with Crippen molar-refractivity contribution in [2.75, 3.05) is 11.9 Å². The van der Waals surface area contributed by atoms with Gasteiger partial charge >= 0.3 is 0 Å². The molecule has 1 aromatic heterocycles. The fourth-order valence-electron chi connectivity index (χ4n) is 3.01. The van der Waals surface area contributed by atoms with Gasteiger partial charge in [-0.15, -0.1) is 0 Å². The molecule has 2 atom stereocenters. The molecule has 1 fully saturated rings. The average molecular weight is 271 g/mol. The van der Waals surface area contributed by atoms with Crippen molar-refractivity contribution >= 4 is 16.6 Å². The maximum atomic E-state index is 9.64. The first-order valence-corrected chi connectivity index (χ1v) is 7.31. The van der Waals surface area contributed by atoms with Gasteiger partial charge in [0, 0.05) is 24.2 Å². The number of benzene rings is 1. The molecule has 1 aromatic carbocycles. The van der Waals surface area contributed by atoms with E-state index in [2.05, 4.69) is 10.3 Å². The Morgan fingerprint density at radius 3 is 2.95 bits per heavy atom. The normalized spacial score (nSPS) is 22.9. The number of fused-ring (bicyclic) bond motifs is 1. The van der Waals surface area contributed by atoms with Gasteiger partial charge in [0.2, 0.25) is 0 Å². The molecule has 0 bridgehead atoms. The predicted molar refractivity (Wildman–Crippen MR) is 81.8 cm³/mol. The topological polar surface area (TPSA) is 71.2 Å². The first-order valence-electron chi connectivity index (χ1n) is 7.31. The highest BCUT2D eigenvalue weighted by atomic mass is 16.3. The third-order valence-corrected chi connectivity index (χ3v) is 4.25. The van der Waals surface area contributed by atoms with E-state index in [0.717, 1.165) is 29.6 Å². The lowest BCUT2D eigenvalue weighted by Crippen LogP contribution is -2.37. The van der Waals surface area contributed by atoms with E-state index in [4.69, 9.17) is 5.73 Å². The van der Waals surface area contributed by atoms with Crippen LogP contribution in [0.3, 0.4) is 0 Å². The van der Waals surface area contributed by atoms with Gasteiger partial charge in [-0.1, -0.05) is 18.9 Å². The van der Waals surface area contributed by atoms with Crippen LogP contribution in [0.1, 0.15) is 25.7 Å². The maximum Gasteiger partial charge on any atom is 0.133 e. The molecule has 0 saturated heterocycles. The number of rotatable bonds is 3. The van der Waals surface area contributed by atoms with Crippen molar-refractivity contribution < 1.29 is 5.11 Å². The summed E-state index contributed by atoms with van der Waals surface area (Å²) in [4.78, 5) is 4.39. The Kier molecular flexibility index (Phi) is 3.74. The summed E-state index contributed by atoms with van der Waals surface area (Å²) in [5.74, 6) is 1.61. The number of aromatic nitrogens is 1. The highest BCUT2D eigenvalue weighted by Gasteiger charge is 2.21. The first kappa shape index (κ1) is 13.2. The molecule has 4 heteroatoms. The van der Waals surface area contributed by atoms with Gasteiger partial charge in [0.15, 0.2) is 0 Å². The molecular weight excluding hydrogens is 250 g/mol. The van der Waals surface area contributed by atoms with E-state index in [9.17, 15) is 5.11 Å². The number of nitrogens with zero attached hydrogens (tertiary/aromatic N) is 1. The zero-order chi connectivity index (χ0) is 13.9. The second-order valence-electron chi connectivity index (χ2n) is 5.65. The molecule has 0 spiro atoms. The quantitative estimate of drug-likeness (QED) is 0.802. The monoisotopic (exact) mass is 271 g/mol. The van der Waals surface area contributed by atoms with E-state index < -0.39 is 0 Å². The number of hydrogen-bond acceptors (Lipinski definition) is 4. The van der Waals surface area contributed by atoms with Crippen LogP contribution in [0.25, 0.3) is 10.8 Å². The molecular formula is C16H21N3O. The number of phenols is 1. The van der Waals surface area contributed by atoms with Crippen LogP contribution < -0.4 is 11.1 Å². The van der Waals surface area contributed by atoms with Crippen LogP contribution in [-0.4, -0.2) is 22.7 Å². The molecule has 0 radical (unpaired) electrons. The molecule has 2 aromatic rings. The second kappa shape index (κ2) is 5.67. The fourth-order valence-corrected chi connectivity index (χ4v) is 3.01. The number of pyridine rings is 1. The second-order valence-corrected chi connectivity index (χ2v) is 5.65. The molecule has 2 unspecified atom stereocenters. The number of nitrogens with two attached hydrogens (primary N) is 1. The molecule has 106 valence electrons. The van der Waals surface area contributed by atoms with E-state index in [-0.39, 0.29) is 5.75 Å². The van der Waals surface area contributed by atoms with Crippen LogP contribution in [0.5, 0.6) is 5.75 Å². The number of anilines is 1. The van der Waals surface area contributed by atoms with E-state index in [1.54, 1.807) is 18.3 Å². The van der Waals surface area contributed by atoms with Crippen LogP contribution in [0, 0.1) is 5.92 Å². The molecule has 1 heterocycles. The highest BCUT2D eigenvalue weighted by Crippen LogP contribution is 2.27. The molecule has 4 N–H and O–H groups in total. The van der Waals surface area contributed by atoms with Gasteiger partial charge in [-0.25, -0.2) is 4.98 Å². The molecule has 4 nitrogen and oxygen atoms in total. The predicted octanol–water partition coefficient (Wildman–Crippen LogP) is 2.87. The summed E-state index contributed by atoms with van der Waals surface area (Å²) in [6, 6.07) is 7.60. The van der Waals surface area contributed by atoms with Crippen molar-refractivity contribution in [3.63, 3.8) is 0 Å². The molecule has 1 aliphatic rings. The van der Waals surface area contributed by atoms with Crippen molar-refractivity contribution in [3.05, 3.63) is 30.5 Å². The summed E-state index contributed by atoms with van der Waals surface area (Å²) in [6.07, 6.45) is 6.62. The number of nitrogens with one attached hydrogen (secondary N) is 1. The van der Waals surface area contributed by atoms with Crippen LogP contribution in [0.2, 0.25) is 0 Å². The number of phenolic OH excluding ortho intramolecular Hbond substituents is 1. The minimum Gasteiger partial charge on any atom is -0.508 e. The van der Waals surface area contributed by atoms with Gasteiger partial charge < -0.3 is 16.2 Å². The molecule has 1 saturated carbocycles. The zero-order valence-electron chi connectivity index (χ0n) is 11.5. The van der Waals surface area contributed by atoms with E-state index >= 15 is 0 Å². The third-order valence-electron chi connectivity index (χ3n) is 4.25. The molecule has 0 aliphatic heterocycles. The van der Waals surface area contributed by atoms with Gasteiger partial charge in [0.05, 0.1) is 0 Å². The van der Waals surface area contributed by atoms with E-state index in [0.29, 0.717) is 12.0 Å². The smallest absolute Gasteiger partial charge is 0.133 e.